The number of rotatable bonds is 4. The van der Waals surface area contributed by atoms with Crippen LogP contribution in [-0.4, -0.2) is 20.1 Å². The van der Waals surface area contributed by atoms with Crippen LogP contribution in [-0.2, 0) is 30.7 Å². The molecule has 0 radical (unpaired) electrons. The Morgan fingerprint density at radius 3 is 2.73 bits per heavy atom. The third kappa shape index (κ3) is 3.36. The van der Waals surface area contributed by atoms with Crippen molar-refractivity contribution in [3.8, 4) is 11.5 Å². The van der Waals surface area contributed by atoms with Gasteiger partial charge >= 0.3 is 0 Å². The SMILES string of the molecule is CC1(C)Cc2c(c(-c3ccco3)nc3oc4c(=O)n(CCc5ccccc5)cnc4c23)CO1. The number of fused-ring (bicyclic) bond motifs is 5. The summed E-state index contributed by atoms with van der Waals surface area (Å²) in [7, 11) is 0. The Bertz CT molecular complexity index is 1530. The van der Waals surface area contributed by atoms with Gasteiger partial charge in [0.05, 0.1) is 30.2 Å². The molecule has 4 aromatic heterocycles. The highest BCUT2D eigenvalue weighted by molar-refractivity contribution is 6.04. The molecule has 0 saturated heterocycles. The van der Waals surface area contributed by atoms with Crippen molar-refractivity contribution in [2.24, 2.45) is 0 Å². The van der Waals surface area contributed by atoms with Gasteiger partial charge in [-0.15, -0.1) is 0 Å². The Morgan fingerprint density at radius 1 is 1.09 bits per heavy atom. The number of aromatic nitrogens is 3. The van der Waals surface area contributed by atoms with E-state index in [0.717, 1.165) is 28.5 Å². The summed E-state index contributed by atoms with van der Waals surface area (Å²) < 4.78 is 19.4. The maximum atomic E-state index is 13.3. The zero-order chi connectivity index (χ0) is 22.6. The van der Waals surface area contributed by atoms with Crippen molar-refractivity contribution in [1.82, 2.24) is 14.5 Å². The van der Waals surface area contributed by atoms with Crippen LogP contribution in [0.5, 0.6) is 0 Å². The predicted molar refractivity (Wildman–Crippen MR) is 124 cm³/mol. The fraction of sp³-hybridized carbons (Fsp3) is 0.269. The van der Waals surface area contributed by atoms with Crippen LogP contribution in [0.25, 0.3) is 33.7 Å². The molecule has 5 heterocycles. The van der Waals surface area contributed by atoms with E-state index in [4.69, 9.17) is 18.6 Å². The fourth-order valence-corrected chi connectivity index (χ4v) is 4.57. The van der Waals surface area contributed by atoms with Crippen molar-refractivity contribution < 1.29 is 13.6 Å². The lowest BCUT2D eigenvalue weighted by Gasteiger charge is -2.32. The first-order valence-electron chi connectivity index (χ1n) is 11.1. The van der Waals surface area contributed by atoms with E-state index in [1.807, 2.05) is 42.5 Å². The Balaban J connectivity index is 1.53. The van der Waals surface area contributed by atoms with Gasteiger partial charge in [-0.2, -0.15) is 0 Å². The predicted octanol–water partition coefficient (Wildman–Crippen LogP) is 4.89. The van der Waals surface area contributed by atoms with Gasteiger partial charge in [0.1, 0.15) is 11.2 Å². The molecule has 0 atom stereocenters. The first kappa shape index (κ1) is 19.9. The third-order valence-electron chi connectivity index (χ3n) is 6.26. The van der Waals surface area contributed by atoms with E-state index in [1.165, 1.54) is 0 Å². The van der Waals surface area contributed by atoms with Gasteiger partial charge in [0.2, 0.25) is 11.3 Å². The largest absolute Gasteiger partial charge is 0.463 e. The zero-order valence-electron chi connectivity index (χ0n) is 18.5. The number of benzene rings is 1. The molecule has 0 amide bonds. The fourth-order valence-electron chi connectivity index (χ4n) is 4.57. The molecule has 0 aliphatic carbocycles. The van der Waals surface area contributed by atoms with Crippen molar-refractivity contribution in [1.29, 1.82) is 0 Å². The van der Waals surface area contributed by atoms with Crippen LogP contribution in [0.15, 0.2) is 68.7 Å². The summed E-state index contributed by atoms with van der Waals surface area (Å²) >= 11 is 0. The van der Waals surface area contributed by atoms with Gasteiger partial charge in [0, 0.05) is 18.5 Å². The molecule has 5 aromatic rings. The topological polar surface area (TPSA) is 83.3 Å². The second-order valence-corrected chi connectivity index (χ2v) is 9.06. The second-order valence-electron chi connectivity index (χ2n) is 9.06. The summed E-state index contributed by atoms with van der Waals surface area (Å²) in [5, 5.41) is 0.791. The quantitative estimate of drug-likeness (QED) is 0.395. The van der Waals surface area contributed by atoms with E-state index in [0.29, 0.717) is 42.3 Å². The van der Waals surface area contributed by atoms with E-state index in [9.17, 15) is 4.79 Å². The van der Waals surface area contributed by atoms with Crippen LogP contribution in [0.2, 0.25) is 0 Å². The Hall–Kier alpha value is -3.71. The molecule has 0 N–H and O–H groups in total. The maximum absolute atomic E-state index is 13.3. The molecule has 7 heteroatoms. The number of hydrogen-bond donors (Lipinski definition) is 0. The number of pyridine rings is 1. The smallest absolute Gasteiger partial charge is 0.297 e. The van der Waals surface area contributed by atoms with Crippen LogP contribution in [0, 0.1) is 0 Å². The lowest BCUT2D eigenvalue weighted by Crippen LogP contribution is -2.32. The highest BCUT2D eigenvalue weighted by atomic mass is 16.5. The summed E-state index contributed by atoms with van der Waals surface area (Å²) in [6, 6.07) is 13.8. The van der Waals surface area contributed by atoms with E-state index < -0.39 is 0 Å². The summed E-state index contributed by atoms with van der Waals surface area (Å²) in [4.78, 5) is 22.7. The normalized spacial score (nSPS) is 15.2. The van der Waals surface area contributed by atoms with E-state index in [1.54, 1.807) is 17.2 Å². The average Bonchev–Trinajstić information content (AvgIpc) is 3.47. The van der Waals surface area contributed by atoms with Crippen LogP contribution in [0.3, 0.4) is 0 Å². The van der Waals surface area contributed by atoms with Crippen molar-refractivity contribution >= 4 is 22.2 Å². The molecule has 1 aliphatic rings. The molecule has 0 spiro atoms. The Morgan fingerprint density at radius 2 is 1.94 bits per heavy atom. The molecule has 7 nitrogen and oxygen atoms in total. The third-order valence-corrected chi connectivity index (χ3v) is 6.26. The number of hydrogen-bond acceptors (Lipinski definition) is 6. The summed E-state index contributed by atoms with van der Waals surface area (Å²) in [6.45, 7) is 5.04. The summed E-state index contributed by atoms with van der Waals surface area (Å²) in [6.07, 6.45) is 4.62. The molecule has 0 unspecified atom stereocenters. The van der Waals surface area contributed by atoms with Gasteiger partial charge in [-0.3, -0.25) is 9.36 Å². The maximum Gasteiger partial charge on any atom is 0.297 e. The standard InChI is InChI=1S/C26H23N3O4/c1-26(2)13-17-18(14-32-26)21(19-9-6-12-31-19)28-24-20(17)22-23(33-24)25(30)29(15-27-22)11-10-16-7-4-3-5-8-16/h3-9,12,15H,10-11,13-14H2,1-2H3. The van der Waals surface area contributed by atoms with E-state index in [2.05, 4.69) is 18.8 Å². The molecule has 6 rings (SSSR count). The first-order valence-corrected chi connectivity index (χ1v) is 11.1. The molecule has 1 aliphatic heterocycles. The Labute approximate surface area is 189 Å². The van der Waals surface area contributed by atoms with Crippen LogP contribution in [0.1, 0.15) is 30.5 Å². The van der Waals surface area contributed by atoms with Crippen LogP contribution in [0.4, 0.5) is 0 Å². The van der Waals surface area contributed by atoms with Gasteiger partial charge in [-0.1, -0.05) is 30.3 Å². The van der Waals surface area contributed by atoms with Crippen molar-refractivity contribution in [3.05, 3.63) is 82.1 Å². The molecule has 33 heavy (non-hydrogen) atoms. The highest BCUT2D eigenvalue weighted by Crippen LogP contribution is 2.40. The number of ether oxygens (including phenoxy) is 1. The summed E-state index contributed by atoms with van der Waals surface area (Å²) in [5.74, 6) is 0.644. The van der Waals surface area contributed by atoms with Crippen LogP contribution < -0.4 is 5.56 Å². The van der Waals surface area contributed by atoms with E-state index in [-0.39, 0.29) is 16.7 Å². The molecule has 0 bridgehead atoms. The van der Waals surface area contributed by atoms with Gasteiger partial charge in [0.15, 0.2) is 5.76 Å². The minimum absolute atomic E-state index is 0.200. The van der Waals surface area contributed by atoms with Crippen molar-refractivity contribution in [3.63, 3.8) is 0 Å². The highest BCUT2D eigenvalue weighted by Gasteiger charge is 2.33. The van der Waals surface area contributed by atoms with Gasteiger partial charge in [-0.05, 0) is 43.5 Å². The lowest BCUT2D eigenvalue weighted by molar-refractivity contribution is -0.0395. The van der Waals surface area contributed by atoms with Gasteiger partial charge in [0.25, 0.3) is 5.56 Å². The van der Waals surface area contributed by atoms with Crippen molar-refractivity contribution in [2.75, 3.05) is 0 Å². The minimum atomic E-state index is -0.351. The van der Waals surface area contributed by atoms with Crippen molar-refractivity contribution in [2.45, 2.75) is 45.4 Å². The molecule has 1 aromatic carbocycles. The van der Waals surface area contributed by atoms with E-state index >= 15 is 0 Å². The monoisotopic (exact) mass is 441 g/mol. The number of aryl methyl sites for hydroxylation is 2. The number of nitrogens with zero attached hydrogens (tertiary/aromatic N) is 3. The second kappa shape index (κ2) is 7.42. The molecule has 166 valence electrons. The lowest BCUT2D eigenvalue weighted by atomic mass is 9.89. The van der Waals surface area contributed by atoms with Gasteiger partial charge in [-0.25, -0.2) is 9.97 Å². The summed E-state index contributed by atoms with van der Waals surface area (Å²) in [5.41, 5.74) is 4.48. The Kier molecular flexibility index (Phi) is 4.48. The first-order chi connectivity index (χ1) is 16.0. The average molecular weight is 441 g/mol. The zero-order valence-corrected chi connectivity index (χ0v) is 18.5. The number of furan rings is 2. The molecule has 0 fully saturated rings. The molecular formula is C26H23N3O4. The van der Waals surface area contributed by atoms with Gasteiger partial charge < -0.3 is 13.6 Å². The molecular weight excluding hydrogens is 418 g/mol. The van der Waals surface area contributed by atoms with Crippen LogP contribution >= 0.6 is 0 Å². The molecule has 0 saturated carbocycles. The minimum Gasteiger partial charge on any atom is -0.463 e.